The second kappa shape index (κ2) is 9.22. The molecule has 0 bridgehead atoms. The molecule has 1 aromatic rings. The molecule has 30 heavy (non-hydrogen) atoms. The number of rotatable bonds is 9. The highest BCUT2D eigenvalue weighted by Gasteiger charge is 2.43. The summed E-state index contributed by atoms with van der Waals surface area (Å²) in [6, 6.07) is 0. The van der Waals surface area contributed by atoms with Crippen LogP contribution in [0.15, 0.2) is 15.8 Å². The number of phosphoric acid groups is 3. The van der Waals surface area contributed by atoms with Gasteiger partial charge in [-0.3, -0.25) is 23.7 Å². The number of hydrogen-bond acceptors (Lipinski definition) is 11. The molecule has 0 aliphatic carbocycles. The van der Waals surface area contributed by atoms with Crippen LogP contribution < -0.4 is 17.1 Å². The van der Waals surface area contributed by atoms with Crippen LogP contribution in [0, 0.1) is 6.92 Å². The molecule has 1 saturated heterocycles. The van der Waals surface area contributed by atoms with Crippen LogP contribution in [0.4, 0.5) is 0 Å². The van der Waals surface area contributed by atoms with Gasteiger partial charge in [0.2, 0.25) is 0 Å². The van der Waals surface area contributed by atoms with E-state index in [1.807, 2.05) is 0 Å². The molecule has 2 heterocycles. The Labute approximate surface area is 166 Å². The van der Waals surface area contributed by atoms with Gasteiger partial charge in [-0.25, -0.2) is 24.4 Å². The number of ether oxygens (including phenoxy) is 1. The van der Waals surface area contributed by atoms with Crippen molar-refractivity contribution < 1.29 is 56.0 Å². The summed E-state index contributed by atoms with van der Waals surface area (Å²) in [4.78, 5) is 65.7. The fourth-order valence-electron chi connectivity index (χ4n) is 2.44. The molecular weight excluding hydrogens is 479 g/mol. The van der Waals surface area contributed by atoms with E-state index in [1.165, 1.54) is 13.1 Å². The van der Waals surface area contributed by atoms with Crippen LogP contribution in [0.5, 0.6) is 0 Å². The van der Waals surface area contributed by atoms with Crippen molar-refractivity contribution in [2.45, 2.75) is 31.8 Å². The van der Waals surface area contributed by atoms with Crippen LogP contribution in [0.25, 0.3) is 0 Å². The molecule has 1 aliphatic heterocycles. The Bertz CT molecular complexity index is 1030. The molecule has 0 radical (unpaired) electrons. The van der Waals surface area contributed by atoms with Gasteiger partial charge in [-0.15, -0.1) is 0 Å². The van der Waals surface area contributed by atoms with Gasteiger partial charge in [0.15, 0.2) is 0 Å². The summed E-state index contributed by atoms with van der Waals surface area (Å²) in [5, 5.41) is 0. The Morgan fingerprint density at radius 3 is 2.40 bits per heavy atom. The summed E-state index contributed by atoms with van der Waals surface area (Å²) in [5.74, 6) is 5.13. The van der Waals surface area contributed by atoms with Gasteiger partial charge in [0.25, 0.3) is 5.56 Å². The van der Waals surface area contributed by atoms with Crippen LogP contribution in [-0.2, 0) is 36.4 Å². The largest absolute Gasteiger partial charge is 0.490 e. The quantitative estimate of drug-likeness (QED) is 0.172. The van der Waals surface area contributed by atoms with Gasteiger partial charge < -0.3 is 24.3 Å². The average Bonchev–Trinajstić information content (AvgIpc) is 2.96. The zero-order valence-corrected chi connectivity index (χ0v) is 17.6. The average molecular weight is 497 g/mol. The highest BCUT2D eigenvalue weighted by Crippen LogP contribution is 2.66. The number of nitrogens with zero attached hydrogens (tertiary/aromatic N) is 1. The first-order valence-corrected chi connectivity index (χ1v) is 12.3. The monoisotopic (exact) mass is 497 g/mol. The summed E-state index contributed by atoms with van der Waals surface area (Å²) < 4.78 is 51.8. The van der Waals surface area contributed by atoms with Gasteiger partial charge in [-0.2, -0.15) is 8.62 Å². The maximum atomic E-state index is 12.0. The molecule has 1 aliphatic rings. The number of aryl methyl sites for hydroxylation is 1. The molecule has 17 nitrogen and oxygen atoms in total. The Hall–Kier alpha value is -1.03. The molecule has 172 valence electrons. The third-order valence-corrected chi connectivity index (χ3v) is 7.43. The number of phosphoric ester groups is 1. The first-order valence-electron chi connectivity index (χ1n) is 7.74. The second-order valence-electron chi connectivity index (χ2n) is 5.90. The van der Waals surface area contributed by atoms with E-state index in [2.05, 4.69) is 23.0 Å². The number of nitrogens with one attached hydrogen (secondary N) is 1. The van der Waals surface area contributed by atoms with E-state index >= 15 is 0 Å². The van der Waals surface area contributed by atoms with E-state index in [0.29, 0.717) is 0 Å². The van der Waals surface area contributed by atoms with E-state index in [9.17, 15) is 28.2 Å². The van der Waals surface area contributed by atoms with Crippen molar-refractivity contribution in [2.24, 2.45) is 5.90 Å². The normalized spacial score (nSPS) is 26.3. The molecule has 2 rings (SSSR count). The van der Waals surface area contributed by atoms with Crippen LogP contribution in [-0.4, -0.2) is 47.9 Å². The van der Waals surface area contributed by atoms with E-state index in [0.717, 1.165) is 4.57 Å². The van der Waals surface area contributed by atoms with Crippen molar-refractivity contribution in [1.29, 1.82) is 0 Å². The first kappa shape index (κ1) is 25.2. The van der Waals surface area contributed by atoms with Crippen LogP contribution in [0.3, 0.4) is 0 Å². The van der Waals surface area contributed by atoms with Gasteiger partial charge in [0.05, 0.1) is 6.61 Å². The highest BCUT2D eigenvalue weighted by atomic mass is 31.3. The molecule has 0 amide bonds. The van der Waals surface area contributed by atoms with E-state index < -0.39 is 59.8 Å². The van der Waals surface area contributed by atoms with Crippen molar-refractivity contribution in [3.05, 3.63) is 32.6 Å². The van der Waals surface area contributed by atoms with Gasteiger partial charge in [-0.1, -0.05) is 0 Å². The van der Waals surface area contributed by atoms with E-state index in [1.54, 1.807) is 0 Å². The number of H-pyrrole nitrogens is 1. The zero-order valence-electron chi connectivity index (χ0n) is 15.0. The minimum atomic E-state index is -5.67. The predicted molar refractivity (Wildman–Crippen MR) is 93.5 cm³/mol. The standard InChI is InChI=1S/C10H18N3O14P3/c1-5-3-13(10(15)12-9(5)14)8-2-6(25-11)7(24-8)4-23-29(19,20)27-30(21,22)26-28(16,17)18/h3,6-8H,2,4,11H2,1H3,(H,19,20)(H,21,22)(H,12,14,15)(H2,16,17,18). The topological polar surface area (TPSA) is 259 Å². The van der Waals surface area contributed by atoms with Gasteiger partial charge in [-0.05, 0) is 6.92 Å². The van der Waals surface area contributed by atoms with Crippen molar-refractivity contribution >= 4 is 23.5 Å². The summed E-state index contributed by atoms with van der Waals surface area (Å²) >= 11 is 0. The number of nitrogens with two attached hydrogens (primary N) is 1. The Morgan fingerprint density at radius 1 is 1.20 bits per heavy atom. The van der Waals surface area contributed by atoms with Crippen LogP contribution in [0.2, 0.25) is 0 Å². The van der Waals surface area contributed by atoms with Gasteiger partial charge in [0, 0.05) is 18.2 Å². The van der Waals surface area contributed by atoms with E-state index in [-0.39, 0.29) is 12.0 Å². The summed E-state index contributed by atoms with van der Waals surface area (Å²) in [5.41, 5.74) is -1.22. The number of hydrogen-bond donors (Lipinski definition) is 6. The minimum absolute atomic E-state index is 0.0493. The van der Waals surface area contributed by atoms with Gasteiger partial charge in [0.1, 0.15) is 18.4 Å². The lowest BCUT2D eigenvalue weighted by molar-refractivity contribution is -0.0618. The fourth-order valence-corrected chi connectivity index (χ4v) is 5.47. The molecule has 1 aromatic heterocycles. The third kappa shape index (κ3) is 7.00. The molecule has 5 unspecified atom stereocenters. The van der Waals surface area contributed by atoms with Crippen LogP contribution in [0.1, 0.15) is 18.2 Å². The maximum Gasteiger partial charge on any atom is 0.490 e. The van der Waals surface area contributed by atoms with Crippen molar-refractivity contribution in [1.82, 2.24) is 9.55 Å². The SMILES string of the molecule is Cc1cn(C2CC(ON)C(COP(=O)(O)OP(=O)(O)OP(=O)(O)O)O2)c(=O)[nH]c1=O. The molecule has 0 saturated carbocycles. The first-order chi connectivity index (χ1) is 13.6. The molecule has 7 N–H and O–H groups in total. The maximum absolute atomic E-state index is 12.0. The lowest BCUT2D eigenvalue weighted by Crippen LogP contribution is -2.33. The van der Waals surface area contributed by atoms with Crippen molar-refractivity contribution in [3.63, 3.8) is 0 Å². The minimum Gasteiger partial charge on any atom is -0.349 e. The summed E-state index contributed by atoms with van der Waals surface area (Å²) in [6.07, 6.45) is -2.03. The van der Waals surface area contributed by atoms with Crippen LogP contribution >= 0.6 is 23.5 Å². The molecular formula is C10H18N3O14P3. The second-order valence-corrected chi connectivity index (χ2v) is 10.3. The Morgan fingerprint density at radius 2 is 1.83 bits per heavy atom. The molecule has 1 fully saturated rings. The number of aromatic amines is 1. The lowest BCUT2D eigenvalue weighted by Gasteiger charge is -2.20. The van der Waals surface area contributed by atoms with Crippen molar-refractivity contribution in [3.8, 4) is 0 Å². The third-order valence-electron chi connectivity index (χ3n) is 3.63. The molecule has 5 atom stereocenters. The molecule has 0 spiro atoms. The zero-order chi connectivity index (χ0) is 22.9. The predicted octanol–water partition coefficient (Wildman–Crippen LogP) is -1.27. The smallest absolute Gasteiger partial charge is 0.349 e. The Kier molecular flexibility index (Phi) is 7.76. The summed E-state index contributed by atoms with van der Waals surface area (Å²) in [6.45, 7) is 0.618. The fraction of sp³-hybridized carbons (Fsp3) is 0.600. The lowest BCUT2D eigenvalue weighted by atomic mass is 10.2. The van der Waals surface area contributed by atoms with Crippen molar-refractivity contribution in [2.75, 3.05) is 6.61 Å². The summed E-state index contributed by atoms with van der Waals surface area (Å²) in [7, 11) is -16.6. The Balaban J connectivity index is 2.08. The molecule has 0 aromatic carbocycles. The van der Waals surface area contributed by atoms with Gasteiger partial charge >= 0.3 is 29.2 Å². The molecule has 20 heteroatoms. The van der Waals surface area contributed by atoms with E-state index in [4.69, 9.17) is 25.3 Å². The number of aromatic nitrogens is 2. The highest BCUT2D eigenvalue weighted by molar-refractivity contribution is 7.66.